The zero-order valence-electron chi connectivity index (χ0n) is 14.5. The normalized spacial score (nSPS) is 17.3. The molecule has 2 heterocycles. The van der Waals surface area contributed by atoms with Crippen molar-refractivity contribution in [2.24, 2.45) is 0 Å². The summed E-state index contributed by atoms with van der Waals surface area (Å²) < 4.78 is 0. The molecule has 0 aliphatic carbocycles. The Morgan fingerprint density at radius 3 is 2.65 bits per heavy atom. The first-order valence-electron chi connectivity index (χ1n) is 8.54. The molecule has 0 saturated heterocycles. The topological polar surface area (TPSA) is 41.0 Å². The van der Waals surface area contributed by atoms with E-state index < -0.39 is 0 Å². The van der Waals surface area contributed by atoms with Crippen molar-refractivity contribution in [3.05, 3.63) is 47.3 Å². The van der Waals surface area contributed by atoms with E-state index in [9.17, 15) is 0 Å². The van der Waals surface area contributed by atoms with Crippen LogP contribution < -0.4 is 10.2 Å². The van der Waals surface area contributed by atoms with Gasteiger partial charge in [0.05, 0.1) is 0 Å². The molecule has 0 unspecified atom stereocenters. The SMILES string of the molecule is CCNc1cc(N2Cc3ccccc3C[C@@H]2C)nc(C(C)C)n1. The molecule has 0 fully saturated rings. The maximum absolute atomic E-state index is 4.84. The second kappa shape index (κ2) is 6.57. The van der Waals surface area contributed by atoms with E-state index >= 15 is 0 Å². The van der Waals surface area contributed by atoms with Gasteiger partial charge in [0.1, 0.15) is 17.5 Å². The second-order valence-electron chi connectivity index (χ2n) is 6.60. The lowest BCUT2D eigenvalue weighted by Gasteiger charge is -2.36. The molecule has 1 atom stereocenters. The molecule has 0 saturated carbocycles. The lowest BCUT2D eigenvalue weighted by Crippen LogP contribution is -2.39. The van der Waals surface area contributed by atoms with Gasteiger partial charge < -0.3 is 10.2 Å². The molecular weight excluding hydrogens is 284 g/mol. The molecule has 0 bridgehead atoms. The zero-order chi connectivity index (χ0) is 16.4. The summed E-state index contributed by atoms with van der Waals surface area (Å²) >= 11 is 0. The number of hydrogen-bond donors (Lipinski definition) is 1. The molecule has 2 aromatic rings. The van der Waals surface area contributed by atoms with Gasteiger partial charge in [-0.15, -0.1) is 0 Å². The maximum atomic E-state index is 4.84. The van der Waals surface area contributed by atoms with E-state index in [1.165, 1.54) is 11.1 Å². The lowest BCUT2D eigenvalue weighted by molar-refractivity contribution is 0.583. The predicted molar refractivity (Wildman–Crippen MR) is 96.1 cm³/mol. The summed E-state index contributed by atoms with van der Waals surface area (Å²) in [4.78, 5) is 11.9. The Hall–Kier alpha value is -2.10. The number of rotatable bonds is 4. The predicted octanol–water partition coefficient (Wildman–Crippen LogP) is 3.98. The van der Waals surface area contributed by atoms with Crippen molar-refractivity contribution in [3.8, 4) is 0 Å². The molecule has 1 aromatic carbocycles. The summed E-state index contributed by atoms with van der Waals surface area (Å²) in [5.74, 6) is 3.18. The molecule has 0 radical (unpaired) electrons. The van der Waals surface area contributed by atoms with Gasteiger partial charge >= 0.3 is 0 Å². The van der Waals surface area contributed by atoms with E-state index in [-0.39, 0.29) is 0 Å². The molecular formula is C19H26N4. The van der Waals surface area contributed by atoms with Gasteiger partial charge in [0.2, 0.25) is 0 Å². The number of anilines is 2. The van der Waals surface area contributed by atoms with E-state index in [4.69, 9.17) is 4.98 Å². The van der Waals surface area contributed by atoms with Crippen LogP contribution in [0.5, 0.6) is 0 Å². The van der Waals surface area contributed by atoms with Gasteiger partial charge in [0.25, 0.3) is 0 Å². The van der Waals surface area contributed by atoms with Crippen LogP contribution in [0.4, 0.5) is 11.6 Å². The van der Waals surface area contributed by atoms with Crippen molar-refractivity contribution in [1.82, 2.24) is 9.97 Å². The molecule has 1 aromatic heterocycles. The quantitative estimate of drug-likeness (QED) is 0.927. The number of nitrogens with one attached hydrogen (secondary N) is 1. The summed E-state index contributed by atoms with van der Waals surface area (Å²) in [6.45, 7) is 10.4. The fourth-order valence-electron chi connectivity index (χ4n) is 3.12. The van der Waals surface area contributed by atoms with E-state index in [1.807, 2.05) is 0 Å². The van der Waals surface area contributed by atoms with Crippen LogP contribution in [0.1, 0.15) is 50.6 Å². The maximum Gasteiger partial charge on any atom is 0.135 e. The van der Waals surface area contributed by atoms with E-state index in [2.05, 4.69) is 73.2 Å². The zero-order valence-corrected chi connectivity index (χ0v) is 14.5. The van der Waals surface area contributed by atoms with Crippen LogP contribution in [0.25, 0.3) is 0 Å². The Kier molecular flexibility index (Phi) is 4.51. The molecule has 4 nitrogen and oxygen atoms in total. The molecule has 3 rings (SSSR count). The minimum atomic E-state index is 0.319. The Balaban J connectivity index is 1.97. The van der Waals surface area contributed by atoms with Gasteiger partial charge in [-0.25, -0.2) is 9.97 Å². The van der Waals surface area contributed by atoms with Gasteiger partial charge in [-0.2, -0.15) is 0 Å². The van der Waals surface area contributed by atoms with Gasteiger partial charge in [0.15, 0.2) is 0 Å². The van der Waals surface area contributed by atoms with Gasteiger partial charge in [-0.3, -0.25) is 0 Å². The molecule has 4 heteroatoms. The third kappa shape index (κ3) is 3.31. The molecule has 1 aliphatic rings. The Morgan fingerprint density at radius 2 is 1.96 bits per heavy atom. The number of hydrogen-bond acceptors (Lipinski definition) is 4. The van der Waals surface area contributed by atoms with Crippen LogP contribution in [0.3, 0.4) is 0 Å². The van der Waals surface area contributed by atoms with Crippen molar-refractivity contribution in [3.63, 3.8) is 0 Å². The average Bonchev–Trinajstić information content (AvgIpc) is 2.54. The third-order valence-electron chi connectivity index (χ3n) is 4.40. The minimum absolute atomic E-state index is 0.319. The van der Waals surface area contributed by atoms with Crippen molar-refractivity contribution in [2.45, 2.75) is 52.6 Å². The summed E-state index contributed by atoms with van der Waals surface area (Å²) in [5.41, 5.74) is 2.86. The smallest absolute Gasteiger partial charge is 0.135 e. The van der Waals surface area contributed by atoms with Crippen LogP contribution in [0.15, 0.2) is 30.3 Å². The van der Waals surface area contributed by atoms with Crippen molar-refractivity contribution < 1.29 is 0 Å². The van der Waals surface area contributed by atoms with Crippen molar-refractivity contribution in [1.29, 1.82) is 0 Å². The number of fused-ring (bicyclic) bond motifs is 1. The van der Waals surface area contributed by atoms with E-state index in [0.717, 1.165) is 37.0 Å². The Labute approximate surface area is 139 Å². The fraction of sp³-hybridized carbons (Fsp3) is 0.474. The van der Waals surface area contributed by atoms with Crippen molar-refractivity contribution >= 4 is 11.6 Å². The first-order valence-corrected chi connectivity index (χ1v) is 8.54. The first kappa shape index (κ1) is 15.8. The molecule has 0 amide bonds. The molecule has 1 N–H and O–H groups in total. The monoisotopic (exact) mass is 310 g/mol. The molecule has 1 aliphatic heterocycles. The standard InChI is InChI=1S/C19H26N4/c1-5-20-17-11-18(22-19(21-17)13(2)3)23-12-16-9-7-6-8-15(16)10-14(23)4/h6-9,11,13-14H,5,10,12H2,1-4H3,(H,20,21,22)/t14-/m0/s1. The average molecular weight is 310 g/mol. The Bertz CT molecular complexity index is 681. The van der Waals surface area contributed by atoms with Crippen LogP contribution in [-0.2, 0) is 13.0 Å². The van der Waals surface area contributed by atoms with Gasteiger partial charge in [-0.05, 0) is 31.4 Å². The van der Waals surface area contributed by atoms with Crippen molar-refractivity contribution in [2.75, 3.05) is 16.8 Å². The molecule has 0 spiro atoms. The highest BCUT2D eigenvalue weighted by Crippen LogP contribution is 2.29. The van der Waals surface area contributed by atoms with Crippen LogP contribution in [0, 0.1) is 0 Å². The highest BCUT2D eigenvalue weighted by molar-refractivity contribution is 5.52. The van der Waals surface area contributed by atoms with Gasteiger partial charge in [0, 0.05) is 31.1 Å². The third-order valence-corrected chi connectivity index (χ3v) is 4.40. The molecule has 122 valence electrons. The van der Waals surface area contributed by atoms with Gasteiger partial charge in [-0.1, -0.05) is 38.1 Å². The van der Waals surface area contributed by atoms with Crippen LogP contribution in [0.2, 0.25) is 0 Å². The first-order chi connectivity index (χ1) is 11.1. The van der Waals surface area contributed by atoms with Crippen LogP contribution in [-0.4, -0.2) is 22.6 Å². The van der Waals surface area contributed by atoms with E-state index in [1.54, 1.807) is 0 Å². The number of nitrogens with zero attached hydrogens (tertiary/aromatic N) is 3. The summed E-state index contributed by atoms with van der Waals surface area (Å²) in [5, 5.41) is 3.34. The summed E-state index contributed by atoms with van der Waals surface area (Å²) in [7, 11) is 0. The van der Waals surface area contributed by atoms with E-state index in [0.29, 0.717) is 12.0 Å². The highest BCUT2D eigenvalue weighted by Gasteiger charge is 2.24. The van der Waals surface area contributed by atoms with Crippen LogP contribution >= 0.6 is 0 Å². The number of benzene rings is 1. The molecule has 23 heavy (non-hydrogen) atoms. The summed E-state index contributed by atoms with van der Waals surface area (Å²) in [6, 6.07) is 11.2. The summed E-state index contributed by atoms with van der Waals surface area (Å²) in [6.07, 6.45) is 1.06. The highest BCUT2D eigenvalue weighted by atomic mass is 15.2. The Morgan fingerprint density at radius 1 is 1.22 bits per heavy atom. The minimum Gasteiger partial charge on any atom is -0.370 e. The lowest BCUT2D eigenvalue weighted by atomic mass is 9.95. The number of aromatic nitrogens is 2. The fourth-order valence-corrected chi connectivity index (χ4v) is 3.12. The second-order valence-corrected chi connectivity index (χ2v) is 6.60. The largest absolute Gasteiger partial charge is 0.370 e.